The van der Waals surface area contributed by atoms with Gasteiger partial charge >= 0.3 is 6.18 Å². The zero-order valence-corrected chi connectivity index (χ0v) is 15.7. The number of benzene rings is 2. The van der Waals surface area contributed by atoms with E-state index in [-0.39, 0.29) is 12.0 Å². The van der Waals surface area contributed by atoms with E-state index in [1.807, 2.05) is 43.5 Å². The van der Waals surface area contributed by atoms with Crippen LogP contribution in [0.3, 0.4) is 0 Å². The molecule has 144 valence electrons. The summed E-state index contributed by atoms with van der Waals surface area (Å²) in [5.74, 6) is 0.792. The fourth-order valence-electron chi connectivity index (χ4n) is 3.25. The Hall–Kier alpha value is -2.34. The molecule has 6 heteroatoms. The maximum atomic E-state index is 13.1. The second-order valence-corrected chi connectivity index (χ2v) is 7.16. The number of hydrogen-bond donors (Lipinski definition) is 1. The zero-order chi connectivity index (χ0) is 19.8. The van der Waals surface area contributed by atoms with E-state index >= 15 is 0 Å². The lowest BCUT2D eigenvalue weighted by Crippen LogP contribution is -2.23. The van der Waals surface area contributed by atoms with Crippen molar-refractivity contribution in [2.45, 2.75) is 46.0 Å². The number of imidazole rings is 1. The van der Waals surface area contributed by atoms with Crippen molar-refractivity contribution in [2.24, 2.45) is 11.7 Å². The average Bonchev–Trinajstić information content (AvgIpc) is 2.97. The van der Waals surface area contributed by atoms with Crippen molar-refractivity contribution in [3.8, 4) is 0 Å². The van der Waals surface area contributed by atoms with Gasteiger partial charge in [-0.25, -0.2) is 4.98 Å². The summed E-state index contributed by atoms with van der Waals surface area (Å²) in [4.78, 5) is 4.51. The van der Waals surface area contributed by atoms with Gasteiger partial charge in [-0.2, -0.15) is 13.2 Å². The van der Waals surface area contributed by atoms with E-state index in [1.165, 1.54) is 6.07 Å². The quantitative estimate of drug-likeness (QED) is 0.644. The molecule has 3 rings (SSSR count). The van der Waals surface area contributed by atoms with Gasteiger partial charge in [0, 0.05) is 6.54 Å². The van der Waals surface area contributed by atoms with Crippen LogP contribution in [0.5, 0.6) is 0 Å². The first kappa shape index (κ1) is 19.4. The van der Waals surface area contributed by atoms with Gasteiger partial charge in [-0.1, -0.05) is 50.1 Å². The monoisotopic (exact) mass is 375 g/mol. The first-order valence-electron chi connectivity index (χ1n) is 9.09. The minimum Gasteiger partial charge on any atom is -0.322 e. The summed E-state index contributed by atoms with van der Waals surface area (Å²) >= 11 is 0. The second-order valence-electron chi connectivity index (χ2n) is 7.16. The highest BCUT2D eigenvalue weighted by Crippen LogP contribution is 2.33. The molecule has 0 aliphatic rings. The van der Waals surface area contributed by atoms with E-state index in [4.69, 9.17) is 5.73 Å². The van der Waals surface area contributed by atoms with E-state index in [0.717, 1.165) is 29.7 Å². The summed E-state index contributed by atoms with van der Waals surface area (Å²) in [6.07, 6.45) is -3.53. The topological polar surface area (TPSA) is 43.8 Å². The average molecular weight is 375 g/mol. The number of rotatable bonds is 5. The van der Waals surface area contributed by atoms with Gasteiger partial charge in [-0.05, 0) is 36.6 Å². The Morgan fingerprint density at radius 3 is 2.52 bits per heavy atom. The molecule has 1 aromatic heterocycles. The molecule has 0 spiro atoms. The number of nitrogens with two attached hydrogens (primary N) is 1. The highest BCUT2D eigenvalue weighted by molar-refractivity contribution is 5.77. The van der Waals surface area contributed by atoms with Crippen LogP contribution in [0.25, 0.3) is 11.0 Å². The van der Waals surface area contributed by atoms with Crippen LogP contribution in [-0.2, 0) is 12.7 Å². The first-order chi connectivity index (χ1) is 12.7. The number of alkyl halides is 3. The second kappa shape index (κ2) is 7.35. The van der Waals surface area contributed by atoms with Gasteiger partial charge in [0.2, 0.25) is 0 Å². The van der Waals surface area contributed by atoms with Crippen molar-refractivity contribution in [2.75, 3.05) is 0 Å². The van der Waals surface area contributed by atoms with Crippen LogP contribution in [-0.4, -0.2) is 9.55 Å². The van der Waals surface area contributed by atoms with Crippen LogP contribution in [0.15, 0.2) is 42.5 Å². The van der Waals surface area contributed by atoms with Crippen molar-refractivity contribution >= 4 is 11.0 Å². The largest absolute Gasteiger partial charge is 0.416 e. The summed E-state index contributed by atoms with van der Waals surface area (Å²) < 4.78 is 41.2. The summed E-state index contributed by atoms with van der Waals surface area (Å²) in [7, 11) is 0. The van der Waals surface area contributed by atoms with Crippen LogP contribution in [0.1, 0.15) is 48.8 Å². The molecule has 3 nitrogen and oxygen atoms in total. The predicted molar refractivity (Wildman–Crippen MR) is 101 cm³/mol. The highest BCUT2D eigenvalue weighted by Gasteiger charge is 2.31. The molecular weight excluding hydrogens is 351 g/mol. The molecule has 0 saturated carbocycles. The number of halogens is 3. The summed E-state index contributed by atoms with van der Waals surface area (Å²) in [6, 6.07) is 11.4. The standard InChI is InChI=1S/C21H24F3N3/c1-4-14(3)19(25)20-26-17-11-16(21(22,23)24)8-9-18(17)27(20)12-15-7-5-6-13(2)10-15/h5-11,14,19H,4,12,25H2,1-3H3/t14?,19-/m0/s1. The number of fused-ring (bicyclic) bond motifs is 1. The normalized spacial score (nSPS) is 14.5. The summed E-state index contributed by atoms with van der Waals surface area (Å²) in [6.45, 7) is 6.60. The van der Waals surface area contributed by atoms with Gasteiger partial charge in [0.15, 0.2) is 0 Å². The van der Waals surface area contributed by atoms with Crippen molar-refractivity contribution in [1.82, 2.24) is 9.55 Å². The lowest BCUT2D eigenvalue weighted by Gasteiger charge is -2.20. The Bertz CT molecular complexity index is 943. The van der Waals surface area contributed by atoms with Crippen molar-refractivity contribution in [3.63, 3.8) is 0 Å². The number of hydrogen-bond acceptors (Lipinski definition) is 2. The number of nitrogens with zero attached hydrogens (tertiary/aromatic N) is 2. The first-order valence-corrected chi connectivity index (χ1v) is 9.09. The van der Waals surface area contributed by atoms with Gasteiger partial charge in [0.05, 0.1) is 22.6 Å². The lowest BCUT2D eigenvalue weighted by molar-refractivity contribution is -0.137. The molecule has 2 aromatic carbocycles. The molecule has 0 amide bonds. The maximum absolute atomic E-state index is 13.1. The Balaban J connectivity index is 2.15. The zero-order valence-electron chi connectivity index (χ0n) is 15.7. The van der Waals surface area contributed by atoms with Crippen LogP contribution >= 0.6 is 0 Å². The molecule has 0 saturated heterocycles. The predicted octanol–water partition coefficient (Wildman–Crippen LogP) is 5.46. The summed E-state index contributed by atoms with van der Waals surface area (Å²) in [5, 5.41) is 0. The van der Waals surface area contributed by atoms with E-state index < -0.39 is 11.7 Å². The minimum absolute atomic E-state index is 0.167. The fraction of sp³-hybridized carbons (Fsp3) is 0.381. The van der Waals surface area contributed by atoms with E-state index in [0.29, 0.717) is 23.4 Å². The summed E-state index contributed by atoms with van der Waals surface area (Å²) in [5.41, 5.74) is 8.90. The van der Waals surface area contributed by atoms with Gasteiger partial charge in [0.25, 0.3) is 0 Å². The smallest absolute Gasteiger partial charge is 0.322 e. The van der Waals surface area contributed by atoms with E-state index in [9.17, 15) is 13.2 Å². The van der Waals surface area contributed by atoms with Crippen LogP contribution in [0.2, 0.25) is 0 Å². The van der Waals surface area contributed by atoms with Gasteiger partial charge in [-0.3, -0.25) is 0 Å². The maximum Gasteiger partial charge on any atom is 0.416 e. The third kappa shape index (κ3) is 4.00. The molecule has 0 aliphatic heterocycles. The Morgan fingerprint density at radius 2 is 1.89 bits per heavy atom. The van der Waals surface area contributed by atoms with Gasteiger partial charge < -0.3 is 10.3 Å². The molecule has 3 aromatic rings. The van der Waals surface area contributed by atoms with Crippen LogP contribution in [0, 0.1) is 12.8 Å². The lowest BCUT2D eigenvalue weighted by atomic mass is 9.99. The van der Waals surface area contributed by atoms with Crippen molar-refractivity contribution < 1.29 is 13.2 Å². The fourth-order valence-corrected chi connectivity index (χ4v) is 3.25. The molecule has 0 radical (unpaired) electrons. The van der Waals surface area contributed by atoms with Crippen molar-refractivity contribution in [1.29, 1.82) is 0 Å². The Labute approximate surface area is 157 Å². The third-order valence-corrected chi connectivity index (χ3v) is 5.08. The molecule has 27 heavy (non-hydrogen) atoms. The highest BCUT2D eigenvalue weighted by atomic mass is 19.4. The third-order valence-electron chi connectivity index (χ3n) is 5.08. The minimum atomic E-state index is -4.40. The Kier molecular flexibility index (Phi) is 5.29. The van der Waals surface area contributed by atoms with E-state index in [2.05, 4.69) is 11.1 Å². The Morgan fingerprint density at radius 1 is 1.15 bits per heavy atom. The molecule has 2 atom stereocenters. The van der Waals surface area contributed by atoms with Crippen molar-refractivity contribution in [3.05, 3.63) is 65.0 Å². The van der Waals surface area contributed by atoms with Gasteiger partial charge in [0.1, 0.15) is 5.82 Å². The molecule has 0 fully saturated rings. The molecule has 0 bridgehead atoms. The molecule has 0 aliphatic carbocycles. The molecule has 1 heterocycles. The molecule has 1 unspecified atom stereocenters. The van der Waals surface area contributed by atoms with Crippen LogP contribution in [0.4, 0.5) is 13.2 Å². The molecular formula is C21H24F3N3. The van der Waals surface area contributed by atoms with Gasteiger partial charge in [-0.15, -0.1) is 0 Å². The SMILES string of the molecule is CCC(C)[C@H](N)c1nc2cc(C(F)(F)F)ccc2n1Cc1cccc(C)c1. The van der Waals surface area contributed by atoms with Crippen LogP contribution < -0.4 is 5.73 Å². The van der Waals surface area contributed by atoms with E-state index in [1.54, 1.807) is 0 Å². The number of aryl methyl sites for hydroxylation is 1. The number of aromatic nitrogens is 2. The molecule has 2 N–H and O–H groups in total.